The van der Waals surface area contributed by atoms with E-state index in [9.17, 15) is 0 Å². The summed E-state index contributed by atoms with van der Waals surface area (Å²) in [4.78, 5) is 4.45. The van der Waals surface area contributed by atoms with Crippen molar-refractivity contribution in [2.24, 2.45) is 0 Å². The van der Waals surface area contributed by atoms with Gasteiger partial charge in [0.1, 0.15) is 18.1 Å². The lowest BCUT2D eigenvalue weighted by molar-refractivity contribution is 0.360. The third kappa shape index (κ3) is 2.58. The number of aromatic nitrogens is 2. The Balaban J connectivity index is 1.67. The molecule has 6 heteroatoms. The van der Waals surface area contributed by atoms with Crippen LogP contribution < -0.4 is 15.2 Å². The number of fused-ring (bicyclic) bond motifs is 1. The van der Waals surface area contributed by atoms with E-state index >= 15 is 0 Å². The molecule has 0 unspecified atom stereocenters. The first kappa shape index (κ1) is 14.3. The largest absolute Gasteiger partial charge is 0.497 e. The summed E-state index contributed by atoms with van der Waals surface area (Å²) in [7, 11) is 1.63. The summed E-state index contributed by atoms with van der Waals surface area (Å²) >= 11 is 0. The molecule has 0 saturated heterocycles. The lowest BCUT2D eigenvalue weighted by atomic mass is 10.1. The van der Waals surface area contributed by atoms with Gasteiger partial charge in [-0.1, -0.05) is 5.16 Å². The van der Waals surface area contributed by atoms with Gasteiger partial charge in [-0.05, 0) is 48.5 Å². The molecule has 1 aliphatic rings. The van der Waals surface area contributed by atoms with Crippen LogP contribution in [-0.4, -0.2) is 23.9 Å². The minimum atomic E-state index is 0.389. The zero-order chi connectivity index (χ0) is 16.5. The van der Waals surface area contributed by atoms with Gasteiger partial charge in [-0.25, -0.2) is 0 Å². The van der Waals surface area contributed by atoms with Crippen LogP contribution in [0.15, 0.2) is 47.0 Å². The second kappa shape index (κ2) is 5.73. The van der Waals surface area contributed by atoms with Crippen molar-refractivity contribution >= 4 is 17.3 Å². The Morgan fingerprint density at radius 3 is 2.75 bits per heavy atom. The molecule has 1 aliphatic heterocycles. The number of nitrogens with zero attached hydrogens (tertiary/aromatic N) is 2. The topological polar surface area (TPSA) is 83.4 Å². The Morgan fingerprint density at radius 1 is 1.12 bits per heavy atom. The van der Waals surface area contributed by atoms with Crippen LogP contribution in [0.4, 0.5) is 5.69 Å². The van der Waals surface area contributed by atoms with Crippen molar-refractivity contribution in [2.45, 2.75) is 0 Å². The normalized spacial score (nSPS) is 13.0. The highest BCUT2D eigenvalue weighted by Crippen LogP contribution is 2.32. The highest BCUT2D eigenvalue weighted by molar-refractivity contribution is 5.83. The van der Waals surface area contributed by atoms with E-state index in [1.54, 1.807) is 19.2 Å². The van der Waals surface area contributed by atoms with E-state index in [0.29, 0.717) is 24.0 Å². The molecule has 0 fully saturated rings. The summed E-state index contributed by atoms with van der Waals surface area (Å²) in [5.41, 5.74) is 8.98. The summed E-state index contributed by atoms with van der Waals surface area (Å²) < 4.78 is 16.4. The van der Waals surface area contributed by atoms with Crippen LogP contribution in [0.25, 0.3) is 23.1 Å². The van der Waals surface area contributed by atoms with Crippen LogP contribution in [-0.2, 0) is 0 Å². The van der Waals surface area contributed by atoms with E-state index in [4.69, 9.17) is 19.7 Å². The summed E-state index contributed by atoms with van der Waals surface area (Å²) in [5.74, 6) is 2.53. The third-order valence-corrected chi connectivity index (χ3v) is 3.80. The molecule has 3 aromatic rings. The predicted molar refractivity (Wildman–Crippen MR) is 90.5 cm³/mol. The maximum Gasteiger partial charge on any atom is 0.258 e. The molecule has 0 aliphatic carbocycles. The van der Waals surface area contributed by atoms with Crippen LogP contribution in [0.3, 0.4) is 0 Å². The molecule has 0 amide bonds. The van der Waals surface area contributed by atoms with E-state index in [1.165, 1.54) is 0 Å². The van der Waals surface area contributed by atoms with E-state index in [1.807, 2.05) is 36.4 Å². The lowest BCUT2D eigenvalue weighted by Gasteiger charge is -2.16. The van der Waals surface area contributed by atoms with E-state index < -0.39 is 0 Å². The molecule has 0 spiro atoms. The Bertz CT molecular complexity index is 914. The Labute approximate surface area is 138 Å². The minimum Gasteiger partial charge on any atom is -0.497 e. The number of nitrogens with two attached hydrogens (primary N) is 1. The summed E-state index contributed by atoms with van der Waals surface area (Å²) in [6, 6.07) is 12.9. The number of hydrogen-bond donors (Lipinski definition) is 1. The second-order valence-corrected chi connectivity index (χ2v) is 5.41. The summed E-state index contributed by atoms with van der Waals surface area (Å²) in [6.45, 7) is 0.389. The average molecular weight is 321 g/mol. The second-order valence-electron chi connectivity index (χ2n) is 5.41. The SMILES string of the molecule is COc1ccc2c(c1)C=C(c1noc(-c3ccc(N)cc3)n1)CO2. The van der Waals surface area contributed by atoms with Crippen LogP contribution in [0.1, 0.15) is 11.4 Å². The van der Waals surface area contributed by atoms with Gasteiger partial charge in [-0.2, -0.15) is 4.98 Å². The van der Waals surface area contributed by atoms with Crippen molar-refractivity contribution in [1.82, 2.24) is 10.1 Å². The Kier molecular flexibility index (Phi) is 3.42. The van der Waals surface area contributed by atoms with E-state index in [-0.39, 0.29) is 0 Å². The number of hydrogen-bond acceptors (Lipinski definition) is 6. The fourth-order valence-corrected chi connectivity index (χ4v) is 2.51. The predicted octanol–water partition coefficient (Wildman–Crippen LogP) is 3.26. The number of ether oxygens (including phenoxy) is 2. The fourth-order valence-electron chi connectivity index (χ4n) is 2.51. The molecule has 120 valence electrons. The summed E-state index contributed by atoms with van der Waals surface area (Å²) in [6.07, 6.45) is 1.99. The number of methoxy groups -OCH3 is 1. The van der Waals surface area contributed by atoms with Gasteiger partial charge in [-0.3, -0.25) is 0 Å². The molecule has 24 heavy (non-hydrogen) atoms. The van der Waals surface area contributed by atoms with Crippen LogP contribution in [0, 0.1) is 0 Å². The highest BCUT2D eigenvalue weighted by atomic mass is 16.5. The number of rotatable bonds is 3. The average Bonchev–Trinajstić information content (AvgIpc) is 3.11. The van der Waals surface area contributed by atoms with Crippen molar-refractivity contribution in [3.05, 3.63) is 53.9 Å². The molecule has 2 N–H and O–H groups in total. The van der Waals surface area contributed by atoms with Crippen molar-refractivity contribution in [3.8, 4) is 23.0 Å². The third-order valence-electron chi connectivity index (χ3n) is 3.80. The lowest BCUT2D eigenvalue weighted by Crippen LogP contribution is -2.07. The van der Waals surface area contributed by atoms with Crippen molar-refractivity contribution < 1.29 is 14.0 Å². The maximum atomic E-state index is 5.76. The van der Waals surface area contributed by atoms with Crippen LogP contribution in [0.5, 0.6) is 11.5 Å². The number of benzene rings is 2. The van der Waals surface area contributed by atoms with Gasteiger partial charge in [0.15, 0.2) is 0 Å². The zero-order valence-electron chi connectivity index (χ0n) is 13.0. The molecule has 0 atom stereocenters. The van der Waals surface area contributed by atoms with Crippen LogP contribution >= 0.6 is 0 Å². The molecule has 4 rings (SSSR count). The molecule has 0 bridgehead atoms. The van der Waals surface area contributed by atoms with Crippen LogP contribution in [0.2, 0.25) is 0 Å². The first-order valence-corrected chi connectivity index (χ1v) is 7.44. The number of nitrogen functional groups attached to an aromatic ring is 1. The molecular weight excluding hydrogens is 306 g/mol. The molecule has 6 nitrogen and oxygen atoms in total. The molecule has 0 saturated carbocycles. The molecule has 2 aromatic carbocycles. The number of anilines is 1. The molecule has 1 aromatic heterocycles. The van der Waals surface area contributed by atoms with Gasteiger partial charge in [0.25, 0.3) is 5.89 Å². The van der Waals surface area contributed by atoms with Crippen molar-refractivity contribution in [3.63, 3.8) is 0 Å². The first-order valence-electron chi connectivity index (χ1n) is 7.44. The minimum absolute atomic E-state index is 0.389. The van der Waals surface area contributed by atoms with E-state index in [2.05, 4.69) is 10.1 Å². The Morgan fingerprint density at radius 2 is 1.96 bits per heavy atom. The smallest absolute Gasteiger partial charge is 0.258 e. The van der Waals surface area contributed by atoms with Gasteiger partial charge < -0.3 is 19.7 Å². The van der Waals surface area contributed by atoms with Gasteiger partial charge in [-0.15, -0.1) is 0 Å². The van der Waals surface area contributed by atoms with Crippen molar-refractivity contribution in [2.75, 3.05) is 19.5 Å². The molecule has 2 heterocycles. The Hall–Kier alpha value is -3.28. The molecule has 0 radical (unpaired) electrons. The standard InChI is InChI=1S/C18H15N3O3/c1-22-15-6-7-16-12(9-15)8-13(10-23-16)17-20-18(24-21-17)11-2-4-14(19)5-3-11/h2-9H,10,19H2,1H3. The maximum absolute atomic E-state index is 5.76. The quantitative estimate of drug-likeness (QED) is 0.746. The van der Waals surface area contributed by atoms with E-state index in [0.717, 1.165) is 28.2 Å². The highest BCUT2D eigenvalue weighted by Gasteiger charge is 2.18. The monoisotopic (exact) mass is 321 g/mol. The van der Waals surface area contributed by atoms with Gasteiger partial charge >= 0.3 is 0 Å². The van der Waals surface area contributed by atoms with Gasteiger partial charge in [0.2, 0.25) is 5.82 Å². The van der Waals surface area contributed by atoms with Crippen molar-refractivity contribution in [1.29, 1.82) is 0 Å². The summed E-state index contributed by atoms with van der Waals surface area (Å²) in [5, 5.41) is 4.06. The van der Waals surface area contributed by atoms with Gasteiger partial charge in [0, 0.05) is 22.4 Å². The van der Waals surface area contributed by atoms with Gasteiger partial charge in [0.05, 0.1) is 7.11 Å². The first-order chi connectivity index (χ1) is 11.7. The zero-order valence-corrected chi connectivity index (χ0v) is 13.0. The fraction of sp³-hybridized carbons (Fsp3) is 0.111. The molecular formula is C18H15N3O3.